The van der Waals surface area contributed by atoms with Crippen LogP contribution in [0, 0.1) is 5.41 Å². The van der Waals surface area contributed by atoms with Crippen LogP contribution in [0.1, 0.15) is 0 Å². The van der Waals surface area contributed by atoms with Gasteiger partial charge in [0.2, 0.25) is 10.0 Å². The Balaban J connectivity index is 2.12. The highest BCUT2D eigenvalue weighted by atomic mass is 32.2. The van der Waals surface area contributed by atoms with Gasteiger partial charge in [-0.2, -0.15) is 0 Å². The fourth-order valence-electron chi connectivity index (χ4n) is 1.98. The molecule has 0 unspecified atom stereocenters. The predicted molar refractivity (Wildman–Crippen MR) is 46.7 cm³/mol. The molecule has 14 heavy (non-hydrogen) atoms. The zero-order valence-corrected chi connectivity index (χ0v) is 8.57. The lowest BCUT2D eigenvalue weighted by molar-refractivity contribution is -0.133. The Morgan fingerprint density at radius 2 is 1.86 bits per heavy atom. The van der Waals surface area contributed by atoms with Gasteiger partial charge in [-0.05, 0) is 0 Å². The molecule has 2 saturated heterocycles. The van der Waals surface area contributed by atoms with Gasteiger partial charge in [0.15, 0.2) is 0 Å². The van der Waals surface area contributed by atoms with E-state index in [1.165, 1.54) is 0 Å². The molecule has 2 heterocycles. The molecule has 0 amide bonds. The van der Waals surface area contributed by atoms with E-state index in [9.17, 15) is 17.2 Å². The van der Waals surface area contributed by atoms with E-state index in [1.54, 1.807) is 0 Å². The quantitative estimate of drug-likeness (QED) is 0.655. The van der Waals surface area contributed by atoms with E-state index in [2.05, 4.69) is 5.32 Å². The summed E-state index contributed by atoms with van der Waals surface area (Å²) in [7, 11) is -3.31. The maximum Gasteiger partial charge on any atom is 0.269 e. The van der Waals surface area contributed by atoms with E-state index in [0.29, 0.717) is 0 Å². The van der Waals surface area contributed by atoms with E-state index >= 15 is 0 Å². The van der Waals surface area contributed by atoms with Gasteiger partial charge >= 0.3 is 0 Å². The summed E-state index contributed by atoms with van der Waals surface area (Å²) in [6.45, 7) is -0.270. The summed E-state index contributed by atoms with van der Waals surface area (Å²) in [5, 5.41) is 2.61. The topological polar surface area (TPSA) is 49.4 Å². The molecule has 0 aromatic rings. The first-order valence-corrected chi connectivity index (χ1v) is 6.15. The van der Waals surface area contributed by atoms with Crippen LogP contribution in [0.2, 0.25) is 0 Å². The number of nitrogens with one attached hydrogen (secondary N) is 1. The second kappa shape index (κ2) is 2.65. The lowest BCUT2D eigenvalue weighted by Crippen LogP contribution is -2.65. The van der Waals surface area contributed by atoms with Crippen LogP contribution in [-0.2, 0) is 10.0 Å². The molecule has 0 bridgehead atoms. The minimum Gasteiger partial charge on any atom is -0.310 e. The van der Waals surface area contributed by atoms with Crippen LogP contribution in [0.4, 0.5) is 8.78 Å². The molecular formula is C7H12F2N2O2S. The fraction of sp³-hybridized carbons (Fsp3) is 1.00. The minimum atomic E-state index is -3.31. The van der Waals surface area contributed by atoms with Crippen molar-refractivity contribution in [1.29, 1.82) is 0 Å². The Morgan fingerprint density at radius 1 is 1.29 bits per heavy atom. The van der Waals surface area contributed by atoms with Crippen LogP contribution in [0.3, 0.4) is 0 Å². The van der Waals surface area contributed by atoms with Crippen LogP contribution in [-0.4, -0.2) is 51.1 Å². The molecule has 4 nitrogen and oxygen atoms in total. The SMILES string of the molecule is CS(=O)(=O)N1CC2(CNCC2(F)F)C1. The lowest BCUT2D eigenvalue weighted by atomic mass is 9.78. The molecule has 0 saturated carbocycles. The zero-order chi connectivity index (χ0) is 10.6. The second-order valence-electron chi connectivity index (χ2n) is 4.12. The second-order valence-corrected chi connectivity index (χ2v) is 6.10. The largest absolute Gasteiger partial charge is 0.310 e. The predicted octanol–water partition coefficient (Wildman–Crippen LogP) is -0.514. The molecule has 1 N–H and O–H groups in total. The molecule has 0 aromatic heterocycles. The number of hydrogen-bond donors (Lipinski definition) is 1. The summed E-state index contributed by atoms with van der Waals surface area (Å²) < 4.78 is 49.8. The van der Waals surface area contributed by atoms with Crippen molar-refractivity contribution in [2.75, 3.05) is 32.4 Å². The average molecular weight is 226 g/mol. The first kappa shape index (κ1) is 10.3. The number of rotatable bonds is 1. The monoisotopic (exact) mass is 226 g/mol. The van der Waals surface area contributed by atoms with Gasteiger partial charge in [0.25, 0.3) is 5.92 Å². The van der Waals surface area contributed by atoms with Crippen LogP contribution in [0.15, 0.2) is 0 Å². The van der Waals surface area contributed by atoms with E-state index in [1.807, 2.05) is 0 Å². The smallest absolute Gasteiger partial charge is 0.269 e. The molecule has 1 spiro atoms. The van der Waals surface area contributed by atoms with Crippen LogP contribution < -0.4 is 5.32 Å². The van der Waals surface area contributed by atoms with Crippen molar-refractivity contribution in [1.82, 2.24) is 9.62 Å². The fourth-order valence-corrected chi connectivity index (χ4v) is 2.95. The Bertz CT molecular complexity index is 349. The average Bonchev–Trinajstić information content (AvgIpc) is 2.18. The maximum atomic E-state index is 13.3. The van der Waals surface area contributed by atoms with Gasteiger partial charge in [-0.1, -0.05) is 0 Å². The van der Waals surface area contributed by atoms with Crippen molar-refractivity contribution in [2.45, 2.75) is 5.92 Å². The van der Waals surface area contributed by atoms with Gasteiger partial charge in [-0.3, -0.25) is 0 Å². The third kappa shape index (κ3) is 1.26. The number of sulfonamides is 1. The van der Waals surface area contributed by atoms with Crippen molar-refractivity contribution < 1.29 is 17.2 Å². The van der Waals surface area contributed by atoms with Crippen molar-refractivity contribution in [2.24, 2.45) is 5.41 Å². The lowest BCUT2D eigenvalue weighted by Gasteiger charge is -2.48. The molecule has 2 rings (SSSR count). The Hall–Kier alpha value is -0.270. The molecule has 0 aromatic carbocycles. The van der Waals surface area contributed by atoms with Gasteiger partial charge < -0.3 is 5.32 Å². The molecule has 2 aliphatic rings. The maximum absolute atomic E-state index is 13.3. The van der Waals surface area contributed by atoms with E-state index < -0.39 is 21.4 Å². The number of alkyl halides is 2. The third-order valence-electron chi connectivity index (χ3n) is 3.01. The van der Waals surface area contributed by atoms with Crippen molar-refractivity contribution in [3.05, 3.63) is 0 Å². The van der Waals surface area contributed by atoms with Gasteiger partial charge in [0.1, 0.15) is 0 Å². The summed E-state index contributed by atoms with van der Waals surface area (Å²) in [6, 6.07) is 0. The Kier molecular flexibility index (Phi) is 1.94. The zero-order valence-electron chi connectivity index (χ0n) is 7.76. The van der Waals surface area contributed by atoms with Crippen LogP contribution >= 0.6 is 0 Å². The van der Waals surface area contributed by atoms with E-state index in [-0.39, 0.29) is 26.2 Å². The first-order chi connectivity index (χ1) is 6.27. The molecule has 2 fully saturated rings. The first-order valence-electron chi connectivity index (χ1n) is 4.31. The van der Waals surface area contributed by atoms with E-state index in [0.717, 1.165) is 10.6 Å². The summed E-state index contributed by atoms with van der Waals surface area (Å²) in [6.07, 6.45) is 1.04. The van der Waals surface area contributed by atoms with Crippen LogP contribution in [0.25, 0.3) is 0 Å². The Morgan fingerprint density at radius 3 is 2.21 bits per heavy atom. The van der Waals surface area contributed by atoms with E-state index in [4.69, 9.17) is 0 Å². The van der Waals surface area contributed by atoms with Crippen molar-refractivity contribution in [3.63, 3.8) is 0 Å². The molecular weight excluding hydrogens is 214 g/mol. The summed E-state index contributed by atoms with van der Waals surface area (Å²) in [4.78, 5) is 0. The van der Waals surface area contributed by atoms with Gasteiger partial charge in [0, 0.05) is 19.6 Å². The number of halogens is 2. The number of nitrogens with zero attached hydrogens (tertiary/aromatic N) is 1. The van der Waals surface area contributed by atoms with Crippen molar-refractivity contribution in [3.8, 4) is 0 Å². The Labute approximate surface area is 81.3 Å². The molecule has 0 atom stereocenters. The molecule has 0 radical (unpaired) electrons. The highest BCUT2D eigenvalue weighted by Gasteiger charge is 2.64. The van der Waals surface area contributed by atoms with Gasteiger partial charge in [-0.25, -0.2) is 21.5 Å². The molecule has 82 valence electrons. The van der Waals surface area contributed by atoms with Crippen LogP contribution in [0.5, 0.6) is 0 Å². The summed E-state index contributed by atoms with van der Waals surface area (Å²) in [5.41, 5.74) is -1.16. The van der Waals surface area contributed by atoms with Crippen molar-refractivity contribution >= 4 is 10.0 Å². The normalized spacial score (nSPS) is 30.5. The standard InChI is InChI=1S/C7H12F2N2O2S/c1-14(12,13)11-4-6(5-11)2-10-3-7(6,8)9/h10H,2-5H2,1H3. The highest BCUT2D eigenvalue weighted by Crippen LogP contribution is 2.47. The molecule has 7 heteroatoms. The summed E-state index contributed by atoms with van der Waals surface area (Å²) in [5.74, 6) is -2.78. The third-order valence-corrected chi connectivity index (χ3v) is 4.21. The van der Waals surface area contributed by atoms with Gasteiger partial charge in [0.05, 0.1) is 18.2 Å². The minimum absolute atomic E-state index is 0.0637. The summed E-state index contributed by atoms with van der Waals surface area (Å²) >= 11 is 0. The molecule has 0 aliphatic carbocycles. The highest BCUT2D eigenvalue weighted by molar-refractivity contribution is 7.88. The number of hydrogen-bond acceptors (Lipinski definition) is 3. The molecule has 2 aliphatic heterocycles. The van der Waals surface area contributed by atoms with Gasteiger partial charge in [-0.15, -0.1) is 0 Å².